The molecule has 2 aromatic heterocycles. The van der Waals surface area contributed by atoms with E-state index in [-0.39, 0.29) is 0 Å². The normalized spacial score (nSPS) is 12.9. The van der Waals surface area contributed by atoms with Crippen LogP contribution in [0.5, 0.6) is 0 Å². The van der Waals surface area contributed by atoms with E-state index in [1.165, 1.54) is 64.4 Å². The number of aromatic nitrogens is 1. The van der Waals surface area contributed by atoms with Gasteiger partial charge in [-0.3, -0.25) is 0 Å². The van der Waals surface area contributed by atoms with Crippen LogP contribution in [0, 0.1) is 6.92 Å². The topological polar surface area (TPSA) is 8.17 Å². The number of rotatable bonds is 2. The standard InChI is InChI=1S/C39H26N2S/c1-24-12-3-8-18-32(24)40-25(2)26-13-4-5-16-29(26)37-34(40)23-22-30-27-14-6-9-19-33(27)41(38(30)37)35-20-11-17-31-28-15-7-10-21-36(28)42-39(31)35/h3-23H,2H2,1H3. The van der Waals surface area contributed by atoms with Gasteiger partial charge in [0.05, 0.1) is 27.1 Å². The van der Waals surface area contributed by atoms with Crippen molar-refractivity contribution < 1.29 is 0 Å². The minimum Gasteiger partial charge on any atom is -0.310 e. The fraction of sp³-hybridized carbons (Fsp3) is 0.0256. The largest absolute Gasteiger partial charge is 0.310 e. The van der Waals surface area contributed by atoms with Gasteiger partial charge in [0, 0.05) is 48.8 Å². The quantitative estimate of drug-likeness (QED) is 0.206. The highest BCUT2D eigenvalue weighted by atomic mass is 32.1. The van der Waals surface area contributed by atoms with Crippen molar-refractivity contribution in [3.05, 3.63) is 145 Å². The van der Waals surface area contributed by atoms with E-state index in [0.717, 1.165) is 22.6 Å². The van der Waals surface area contributed by atoms with Gasteiger partial charge in [-0.05, 0) is 48.4 Å². The highest BCUT2D eigenvalue weighted by molar-refractivity contribution is 7.26. The van der Waals surface area contributed by atoms with E-state index in [9.17, 15) is 0 Å². The number of hydrogen-bond donors (Lipinski definition) is 0. The van der Waals surface area contributed by atoms with Crippen molar-refractivity contribution in [3.8, 4) is 16.8 Å². The van der Waals surface area contributed by atoms with Crippen molar-refractivity contribution in [2.24, 2.45) is 0 Å². The van der Waals surface area contributed by atoms with Crippen LogP contribution in [-0.2, 0) is 0 Å². The fourth-order valence-electron chi connectivity index (χ4n) is 6.97. The first-order chi connectivity index (χ1) is 20.7. The lowest BCUT2D eigenvalue weighted by Gasteiger charge is -2.36. The maximum Gasteiger partial charge on any atom is 0.0641 e. The third kappa shape index (κ3) is 3.09. The van der Waals surface area contributed by atoms with Gasteiger partial charge in [0.2, 0.25) is 0 Å². The van der Waals surface area contributed by atoms with Gasteiger partial charge in [-0.1, -0.05) is 104 Å². The van der Waals surface area contributed by atoms with E-state index in [1.54, 1.807) is 0 Å². The highest BCUT2D eigenvalue weighted by Gasteiger charge is 2.31. The molecule has 42 heavy (non-hydrogen) atoms. The van der Waals surface area contributed by atoms with Gasteiger partial charge in [-0.2, -0.15) is 0 Å². The highest BCUT2D eigenvalue weighted by Crippen LogP contribution is 2.53. The lowest BCUT2D eigenvalue weighted by atomic mass is 9.89. The Bertz CT molecular complexity index is 2400. The fourth-order valence-corrected chi connectivity index (χ4v) is 8.17. The first-order valence-electron chi connectivity index (χ1n) is 14.3. The first kappa shape index (κ1) is 23.6. The number of anilines is 2. The molecular formula is C39H26N2S. The van der Waals surface area contributed by atoms with Crippen molar-refractivity contribution in [1.29, 1.82) is 0 Å². The molecule has 0 radical (unpaired) electrons. The molecule has 9 rings (SSSR count). The van der Waals surface area contributed by atoms with Crippen LogP contribution >= 0.6 is 11.3 Å². The van der Waals surface area contributed by atoms with Crippen LogP contribution in [-0.4, -0.2) is 4.57 Å². The van der Waals surface area contributed by atoms with Gasteiger partial charge < -0.3 is 9.47 Å². The van der Waals surface area contributed by atoms with Crippen molar-refractivity contribution in [1.82, 2.24) is 4.57 Å². The summed E-state index contributed by atoms with van der Waals surface area (Å²) in [5.41, 5.74) is 11.8. The summed E-state index contributed by atoms with van der Waals surface area (Å²) in [7, 11) is 0. The number of thiophene rings is 1. The maximum absolute atomic E-state index is 4.64. The lowest BCUT2D eigenvalue weighted by molar-refractivity contribution is 1.19. The molecule has 0 aliphatic carbocycles. The summed E-state index contributed by atoms with van der Waals surface area (Å²) in [5, 5.41) is 5.14. The number of hydrogen-bond acceptors (Lipinski definition) is 2. The molecule has 3 heteroatoms. The second kappa shape index (κ2) is 8.69. The van der Waals surface area contributed by atoms with Crippen molar-refractivity contribution in [2.75, 3.05) is 4.90 Å². The molecule has 2 nitrogen and oxygen atoms in total. The Morgan fingerprint density at radius 3 is 2.12 bits per heavy atom. The third-order valence-electron chi connectivity index (χ3n) is 8.81. The monoisotopic (exact) mass is 554 g/mol. The molecule has 0 bridgehead atoms. The SMILES string of the molecule is C=C1c2ccccc2-c2c(ccc3c4ccccc4n(-c4cccc5c4sc4ccccc45)c23)N1c1ccccc1C. The van der Waals surface area contributed by atoms with Gasteiger partial charge in [-0.25, -0.2) is 0 Å². The van der Waals surface area contributed by atoms with Gasteiger partial charge >= 0.3 is 0 Å². The molecule has 0 unspecified atom stereocenters. The zero-order valence-electron chi connectivity index (χ0n) is 23.1. The molecular weight excluding hydrogens is 529 g/mol. The van der Waals surface area contributed by atoms with E-state index in [2.05, 4.69) is 150 Å². The minimum absolute atomic E-state index is 1.00. The number of aryl methyl sites for hydroxylation is 1. The minimum atomic E-state index is 1.00. The molecule has 0 spiro atoms. The molecule has 0 amide bonds. The molecule has 0 saturated carbocycles. The zero-order chi connectivity index (χ0) is 27.9. The smallest absolute Gasteiger partial charge is 0.0641 e. The predicted octanol–water partition coefficient (Wildman–Crippen LogP) is 11.2. The Labute approximate surface area is 248 Å². The second-order valence-corrected chi connectivity index (χ2v) is 12.1. The summed E-state index contributed by atoms with van der Waals surface area (Å²) in [6.45, 7) is 6.82. The molecule has 1 aliphatic rings. The molecule has 8 aromatic rings. The molecule has 0 atom stereocenters. The Balaban J connectivity index is 1.48. The number of benzene rings is 6. The van der Waals surface area contributed by atoms with Crippen molar-refractivity contribution in [3.63, 3.8) is 0 Å². The van der Waals surface area contributed by atoms with Crippen LogP contribution in [0.4, 0.5) is 11.4 Å². The Morgan fingerprint density at radius 1 is 0.548 bits per heavy atom. The van der Waals surface area contributed by atoms with Crippen LogP contribution in [0.3, 0.4) is 0 Å². The molecule has 1 aliphatic heterocycles. The van der Waals surface area contributed by atoms with Crippen LogP contribution < -0.4 is 4.90 Å². The molecule has 0 N–H and O–H groups in total. The predicted molar refractivity (Wildman–Crippen MR) is 181 cm³/mol. The first-order valence-corrected chi connectivity index (χ1v) is 15.1. The van der Waals surface area contributed by atoms with Crippen molar-refractivity contribution >= 4 is 70.4 Å². The van der Waals surface area contributed by atoms with E-state index in [1.807, 2.05) is 11.3 Å². The van der Waals surface area contributed by atoms with E-state index in [0.29, 0.717) is 0 Å². The summed E-state index contributed by atoms with van der Waals surface area (Å²) in [5.74, 6) is 0. The van der Waals surface area contributed by atoms with Crippen LogP contribution in [0.2, 0.25) is 0 Å². The average molecular weight is 555 g/mol. The second-order valence-electron chi connectivity index (χ2n) is 11.1. The Morgan fingerprint density at radius 2 is 1.24 bits per heavy atom. The number of para-hydroxylation sites is 2. The summed E-state index contributed by atoms with van der Waals surface area (Å²) in [4.78, 5) is 2.36. The van der Waals surface area contributed by atoms with Crippen molar-refractivity contribution in [2.45, 2.75) is 6.92 Å². The van der Waals surface area contributed by atoms with E-state index >= 15 is 0 Å². The third-order valence-corrected chi connectivity index (χ3v) is 10.0. The van der Waals surface area contributed by atoms with Gasteiger partial charge in [0.15, 0.2) is 0 Å². The summed E-state index contributed by atoms with van der Waals surface area (Å²) in [6.07, 6.45) is 0. The van der Waals surface area contributed by atoms with Gasteiger partial charge in [0.1, 0.15) is 0 Å². The molecule has 0 saturated heterocycles. The van der Waals surface area contributed by atoms with Gasteiger partial charge in [0.25, 0.3) is 0 Å². The molecule has 3 heterocycles. The van der Waals surface area contributed by atoms with E-state index in [4.69, 9.17) is 0 Å². The number of fused-ring (bicyclic) bond motifs is 10. The Hall–Kier alpha value is -5.12. The maximum atomic E-state index is 4.64. The zero-order valence-corrected chi connectivity index (χ0v) is 24.0. The van der Waals surface area contributed by atoms with Crippen LogP contribution in [0.1, 0.15) is 11.1 Å². The summed E-state index contributed by atoms with van der Waals surface area (Å²) >= 11 is 1.88. The van der Waals surface area contributed by atoms with E-state index < -0.39 is 0 Å². The molecule has 198 valence electrons. The summed E-state index contributed by atoms with van der Waals surface area (Å²) < 4.78 is 5.14. The van der Waals surface area contributed by atoms with Crippen LogP contribution in [0.25, 0.3) is 64.5 Å². The number of nitrogens with zero attached hydrogens (tertiary/aromatic N) is 2. The van der Waals surface area contributed by atoms with Crippen LogP contribution in [0.15, 0.2) is 134 Å². The van der Waals surface area contributed by atoms with Gasteiger partial charge in [-0.15, -0.1) is 11.3 Å². The molecule has 0 fully saturated rings. The average Bonchev–Trinajstić information content (AvgIpc) is 3.58. The molecule has 6 aromatic carbocycles. The summed E-state index contributed by atoms with van der Waals surface area (Å²) in [6, 6.07) is 46.3. The Kier molecular flexibility index (Phi) is 4.88. The lowest BCUT2D eigenvalue weighted by Crippen LogP contribution is -2.21.